The summed E-state index contributed by atoms with van der Waals surface area (Å²) in [6.45, 7) is 0. The van der Waals surface area contributed by atoms with E-state index in [9.17, 15) is 0 Å². The van der Waals surface area contributed by atoms with Gasteiger partial charge in [-0.2, -0.15) is 0 Å². The molecule has 4 heteroatoms. The number of benzene rings is 1. The van der Waals surface area contributed by atoms with E-state index in [0.717, 1.165) is 11.1 Å². The van der Waals surface area contributed by atoms with Crippen LogP contribution in [0.3, 0.4) is 0 Å². The van der Waals surface area contributed by atoms with Gasteiger partial charge in [0.05, 0.1) is 5.02 Å². The monoisotopic (exact) mass is 256 g/mol. The minimum absolute atomic E-state index is 0.276. The number of aromatic nitrogens is 1. The minimum atomic E-state index is 0.276. The normalized spacial score (nSPS) is 10.3. The molecule has 0 saturated carbocycles. The van der Waals surface area contributed by atoms with Crippen molar-refractivity contribution in [3.8, 4) is 11.1 Å². The summed E-state index contributed by atoms with van der Waals surface area (Å²) in [4.78, 5) is 3.88. The standard InChI is InChI=1S/C11H5Cl3N/c12-9-4-2-1-3-7(9)8-5-6-15-11(14)10(8)13/h1,3-6H. The lowest BCUT2D eigenvalue weighted by atomic mass is 10.1. The van der Waals surface area contributed by atoms with Gasteiger partial charge >= 0.3 is 0 Å². The lowest BCUT2D eigenvalue weighted by molar-refractivity contribution is 1.33. The summed E-state index contributed by atoms with van der Waals surface area (Å²) in [6.07, 6.45) is 1.59. The summed E-state index contributed by atoms with van der Waals surface area (Å²) in [5.41, 5.74) is 1.60. The van der Waals surface area contributed by atoms with Crippen LogP contribution in [0.2, 0.25) is 15.2 Å². The number of halogens is 3. The van der Waals surface area contributed by atoms with E-state index >= 15 is 0 Å². The molecule has 1 aromatic heterocycles. The number of rotatable bonds is 1. The van der Waals surface area contributed by atoms with Crippen LogP contribution >= 0.6 is 34.8 Å². The van der Waals surface area contributed by atoms with E-state index in [0.29, 0.717) is 10.0 Å². The molecule has 0 aliphatic carbocycles. The van der Waals surface area contributed by atoms with Crippen molar-refractivity contribution in [3.05, 3.63) is 51.7 Å². The van der Waals surface area contributed by atoms with Crippen LogP contribution in [-0.2, 0) is 0 Å². The van der Waals surface area contributed by atoms with Gasteiger partial charge in [0.25, 0.3) is 0 Å². The average molecular weight is 258 g/mol. The topological polar surface area (TPSA) is 12.9 Å². The maximum atomic E-state index is 6.04. The molecular weight excluding hydrogens is 252 g/mol. The Morgan fingerprint density at radius 2 is 1.87 bits per heavy atom. The molecule has 1 radical (unpaired) electrons. The summed E-state index contributed by atoms with van der Waals surface area (Å²) in [6, 6.07) is 9.94. The summed E-state index contributed by atoms with van der Waals surface area (Å²) in [7, 11) is 0. The van der Waals surface area contributed by atoms with E-state index in [1.165, 1.54) is 0 Å². The second-order valence-electron chi connectivity index (χ2n) is 2.87. The molecule has 0 bridgehead atoms. The zero-order valence-corrected chi connectivity index (χ0v) is 9.74. The van der Waals surface area contributed by atoms with Crippen LogP contribution in [0.1, 0.15) is 0 Å². The van der Waals surface area contributed by atoms with Crippen molar-refractivity contribution in [2.75, 3.05) is 0 Å². The van der Waals surface area contributed by atoms with Crippen molar-refractivity contribution in [2.24, 2.45) is 0 Å². The van der Waals surface area contributed by atoms with Gasteiger partial charge in [0.2, 0.25) is 0 Å². The summed E-state index contributed by atoms with van der Waals surface area (Å²) in [5, 5.41) is 1.27. The van der Waals surface area contributed by atoms with E-state index in [1.807, 2.05) is 6.07 Å². The number of nitrogens with zero attached hydrogens (tertiary/aromatic N) is 1. The van der Waals surface area contributed by atoms with Crippen LogP contribution in [0, 0.1) is 6.07 Å². The minimum Gasteiger partial charge on any atom is -0.243 e. The molecule has 0 fully saturated rings. The van der Waals surface area contributed by atoms with Gasteiger partial charge in [-0.25, -0.2) is 4.98 Å². The van der Waals surface area contributed by atoms with E-state index in [-0.39, 0.29) is 5.15 Å². The summed E-state index contributed by atoms with van der Waals surface area (Å²) in [5.74, 6) is 0. The zero-order valence-electron chi connectivity index (χ0n) is 7.47. The van der Waals surface area contributed by atoms with Crippen LogP contribution < -0.4 is 0 Å². The molecule has 0 unspecified atom stereocenters. The third-order valence-corrected chi connectivity index (χ3v) is 3.03. The molecule has 75 valence electrons. The molecule has 0 amide bonds. The lowest BCUT2D eigenvalue weighted by Gasteiger charge is -2.06. The molecular formula is C11H5Cl3N. The molecule has 0 aliphatic heterocycles. The molecule has 0 aliphatic rings. The fraction of sp³-hybridized carbons (Fsp3) is 0. The molecule has 2 aromatic rings. The van der Waals surface area contributed by atoms with E-state index in [4.69, 9.17) is 34.8 Å². The Balaban J connectivity index is 2.65. The molecule has 15 heavy (non-hydrogen) atoms. The van der Waals surface area contributed by atoms with Gasteiger partial charge in [-0.15, -0.1) is 0 Å². The van der Waals surface area contributed by atoms with Crippen molar-refractivity contribution in [1.29, 1.82) is 0 Å². The first kappa shape index (κ1) is 10.7. The predicted octanol–water partition coefficient (Wildman–Crippen LogP) is 4.51. The zero-order chi connectivity index (χ0) is 10.8. The number of hydrogen-bond acceptors (Lipinski definition) is 1. The van der Waals surface area contributed by atoms with Gasteiger partial charge in [0, 0.05) is 22.3 Å². The van der Waals surface area contributed by atoms with Crippen LogP contribution in [0.25, 0.3) is 11.1 Å². The highest BCUT2D eigenvalue weighted by Gasteiger charge is 2.09. The van der Waals surface area contributed by atoms with Crippen molar-refractivity contribution in [1.82, 2.24) is 4.98 Å². The highest BCUT2D eigenvalue weighted by Crippen LogP contribution is 2.35. The van der Waals surface area contributed by atoms with Crippen molar-refractivity contribution in [3.63, 3.8) is 0 Å². The van der Waals surface area contributed by atoms with Crippen LogP contribution in [-0.4, -0.2) is 4.98 Å². The van der Waals surface area contributed by atoms with Crippen molar-refractivity contribution in [2.45, 2.75) is 0 Å². The highest BCUT2D eigenvalue weighted by atomic mass is 35.5. The Morgan fingerprint density at radius 3 is 2.60 bits per heavy atom. The SMILES string of the molecule is Clc1c[c]ccc1-c1ccnc(Cl)c1Cl. The molecule has 0 saturated heterocycles. The first-order valence-corrected chi connectivity index (χ1v) is 5.29. The van der Waals surface area contributed by atoms with E-state index in [1.54, 1.807) is 24.4 Å². The van der Waals surface area contributed by atoms with Gasteiger partial charge in [-0.05, 0) is 18.2 Å². The quantitative estimate of drug-likeness (QED) is 0.685. The third-order valence-electron chi connectivity index (χ3n) is 1.95. The first-order chi connectivity index (χ1) is 7.20. The summed E-state index contributed by atoms with van der Waals surface area (Å²) < 4.78 is 0. The first-order valence-electron chi connectivity index (χ1n) is 4.16. The van der Waals surface area contributed by atoms with E-state index < -0.39 is 0 Å². The van der Waals surface area contributed by atoms with Crippen molar-refractivity contribution < 1.29 is 0 Å². The van der Waals surface area contributed by atoms with Gasteiger partial charge in [-0.1, -0.05) is 46.9 Å². The largest absolute Gasteiger partial charge is 0.243 e. The van der Waals surface area contributed by atoms with Gasteiger partial charge < -0.3 is 0 Å². The molecule has 0 spiro atoms. The van der Waals surface area contributed by atoms with Gasteiger partial charge in [0.15, 0.2) is 0 Å². The lowest BCUT2D eigenvalue weighted by Crippen LogP contribution is -1.84. The molecule has 1 aromatic carbocycles. The fourth-order valence-electron chi connectivity index (χ4n) is 1.25. The molecule has 1 heterocycles. The van der Waals surface area contributed by atoms with Gasteiger partial charge in [0.1, 0.15) is 5.15 Å². The predicted molar refractivity (Wildman–Crippen MR) is 63.5 cm³/mol. The Labute approximate surface area is 103 Å². The smallest absolute Gasteiger partial charge is 0.148 e. The Kier molecular flexibility index (Phi) is 3.15. The number of pyridine rings is 1. The second kappa shape index (κ2) is 4.40. The highest BCUT2D eigenvalue weighted by molar-refractivity contribution is 6.43. The molecule has 2 rings (SSSR count). The van der Waals surface area contributed by atoms with Gasteiger partial charge in [-0.3, -0.25) is 0 Å². The fourth-order valence-corrected chi connectivity index (χ4v) is 1.85. The Bertz CT molecular complexity index is 497. The Hall–Kier alpha value is -0.760. The maximum Gasteiger partial charge on any atom is 0.148 e. The molecule has 0 atom stereocenters. The molecule has 1 nitrogen and oxygen atoms in total. The van der Waals surface area contributed by atoms with Crippen LogP contribution in [0.5, 0.6) is 0 Å². The van der Waals surface area contributed by atoms with E-state index in [2.05, 4.69) is 11.1 Å². The maximum absolute atomic E-state index is 6.04. The molecule has 0 N–H and O–H groups in total. The summed E-state index contributed by atoms with van der Waals surface area (Å²) >= 11 is 17.9. The second-order valence-corrected chi connectivity index (χ2v) is 4.01. The van der Waals surface area contributed by atoms with Crippen LogP contribution in [0.4, 0.5) is 0 Å². The van der Waals surface area contributed by atoms with Crippen molar-refractivity contribution >= 4 is 34.8 Å². The van der Waals surface area contributed by atoms with Crippen LogP contribution in [0.15, 0.2) is 30.5 Å². The Morgan fingerprint density at radius 1 is 1.07 bits per heavy atom. The third kappa shape index (κ3) is 2.10. The average Bonchev–Trinajstić information content (AvgIpc) is 2.23. The number of hydrogen-bond donors (Lipinski definition) is 0.